The Labute approximate surface area is 162 Å². The summed E-state index contributed by atoms with van der Waals surface area (Å²) in [4.78, 5) is 14.4. The molecule has 2 aromatic rings. The lowest BCUT2D eigenvalue weighted by atomic mass is 10.1. The summed E-state index contributed by atoms with van der Waals surface area (Å²) in [7, 11) is 1.61. The molecule has 27 heavy (non-hydrogen) atoms. The number of hydrogen-bond acceptors (Lipinski definition) is 3. The molecule has 1 heterocycles. The molecule has 0 aromatic heterocycles. The summed E-state index contributed by atoms with van der Waals surface area (Å²) in [5.41, 5.74) is 1.30. The van der Waals surface area contributed by atoms with Crippen LogP contribution in [0.1, 0.15) is 17.5 Å². The lowest BCUT2D eigenvalue weighted by molar-refractivity contribution is -0.125. The topological polar surface area (TPSA) is 44.4 Å². The Bertz CT molecular complexity index is 818. The minimum Gasteiger partial charge on any atom is -0.358 e. The lowest BCUT2D eigenvalue weighted by Crippen LogP contribution is -2.41. The highest BCUT2D eigenvalue weighted by atomic mass is 35.5. The Morgan fingerprint density at radius 2 is 2.07 bits per heavy atom. The minimum absolute atomic E-state index is 0.00542. The van der Waals surface area contributed by atoms with Crippen LogP contribution in [0.25, 0.3) is 0 Å². The molecule has 144 valence electrons. The Balaban J connectivity index is 1.67. The summed E-state index contributed by atoms with van der Waals surface area (Å²) >= 11 is 6.05. The molecule has 7 heteroatoms. The molecule has 0 aliphatic carbocycles. The predicted octanol–water partition coefficient (Wildman–Crippen LogP) is 3.10. The zero-order valence-electron chi connectivity index (χ0n) is 15.0. The highest BCUT2D eigenvalue weighted by Crippen LogP contribution is 2.23. The molecule has 4 nitrogen and oxygen atoms in total. The van der Waals surface area contributed by atoms with E-state index in [4.69, 9.17) is 11.6 Å². The average Bonchev–Trinajstić information content (AvgIpc) is 3.04. The third-order valence-corrected chi connectivity index (χ3v) is 5.05. The maximum atomic E-state index is 13.8. The molecule has 1 fully saturated rings. The Morgan fingerprint density at radius 3 is 2.81 bits per heavy atom. The van der Waals surface area contributed by atoms with Gasteiger partial charge in [0.05, 0.1) is 6.04 Å². The van der Waals surface area contributed by atoms with Gasteiger partial charge in [-0.05, 0) is 42.3 Å². The van der Waals surface area contributed by atoms with E-state index in [0.717, 1.165) is 17.7 Å². The van der Waals surface area contributed by atoms with E-state index < -0.39 is 11.6 Å². The van der Waals surface area contributed by atoms with Gasteiger partial charge in [0.1, 0.15) is 11.6 Å². The fraction of sp³-hybridized carbons (Fsp3) is 0.350. The number of amides is 1. The molecule has 1 aliphatic heterocycles. The third kappa shape index (κ3) is 5.03. The highest BCUT2D eigenvalue weighted by molar-refractivity contribution is 6.30. The number of carbonyl (C=O) groups excluding carboxylic acids is 1. The number of likely N-dealkylation sites (tertiary alicyclic amines) is 1. The van der Waals surface area contributed by atoms with E-state index in [1.54, 1.807) is 7.05 Å². The van der Waals surface area contributed by atoms with Crippen molar-refractivity contribution < 1.29 is 13.6 Å². The molecular formula is C20H22ClF2N3O. The van der Waals surface area contributed by atoms with Gasteiger partial charge in [-0.25, -0.2) is 8.78 Å². The maximum absolute atomic E-state index is 13.8. The van der Waals surface area contributed by atoms with Crippen LogP contribution in [-0.2, 0) is 17.9 Å². The number of rotatable bonds is 6. The molecule has 2 atom stereocenters. The van der Waals surface area contributed by atoms with Crippen molar-refractivity contribution in [3.8, 4) is 0 Å². The summed E-state index contributed by atoms with van der Waals surface area (Å²) in [5, 5.41) is 6.60. The van der Waals surface area contributed by atoms with Gasteiger partial charge in [-0.1, -0.05) is 23.7 Å². The second kappa shape index (κ2) is 8.78. The monoisotopic (exact) mass is 393 g/mol. The van der Waals surface area contributed by atoms with Crippen LogP contribution in [0.5, 0.6) is 0 Å². The molecule has 1 aliphatic rings. The quantitative estimate of drug-likeness (QED) is 0.792. The highest BCUT2D eigenvalue weighted by Gasteiger charge is 2.36. The average molecular weight is 394 g/mol. The molecule has 2 aromatic carbocycles. The van der Waals surface area contributed by atoms with E-state index in [2.05, 4.69) is 15.5 Å². The fourth-order valence-electron chi connectivity index (χ4n) is 3.47. The van der Waals surface area contributed by atoms with E-state index >= 15 is 0 Å². The molecular weight excluding hydrogens is 372 g/mol. The molecule has 0 bridgehead atoms. The Morgan fingerprint density at radius 1 is 1.26 bits per heavy atom. The smallest absolute Gasteiger partial charge is 0.237 e. The first-order valence-corrected chi connectivity index (χ1v) is 9.21. The molecule has 1 amide bonds. The second-order valence-corrected chi connectivity index (χ2v) is 7.18. The second-order valence-electron chi connectivity index (χ2n) is 6.74. The zero-order valence-corrected chi connectivity index (χ0v) is 15.8. The van der Waals surface area contributed by atoms with Crippen LogP contribution in [0.4, 0.5) is 8.78 Å². The van der Waals surface area contributed by atoms with Crippen molar-refractivity contribution in [2.75, 3.05) is 13.6 Å². The first kappa shape index (κ1) is 19.7. The van der Waals surface area contributed by atoms with Crippen LogP contribution in [0, 0.1) is 11.6 Å². The van der Waals surface area contributed by atoms with E-state index in [1.165, 1.54) is 6.07 Å². The molecule has 0 spiro atoms. The molecule has 0 saturated carbocycles. The van der Waals surface area contributed by atoms with Crippen molar-refractivity contribution >= 4 is 17.5 Å². The zero-order chi connectivity index (χ0) is 19.4. The molecule has 0 radical (unpaired) electrons. The van der Waals surface area contributed by atoms with Gasteiger partial charge in [-0.15, -0.1) is 0 Å². The van der Waals surface area contributed by atoms with Crippen molar-refractivity contribution in [3.05, 3.63) is 70.2 Å². The number of benzene rings is 2. The van der Waals surface area contributed by atoms with Gasteiger partial charge < -0.3 is 10.6 Å². The lowest BCUT2D eigenvalue weighted by Gasteiger charge is -2.23. The number of nitrogens with zero attached hydrogens (tertiary/aromatic N) is 1. The van der Waals surface area contributed by atoms with Crippen molar-refractivity contribution in [2.45, 2.75) is 31.6 Å². The number of carbonyl (C=O) groups is 1. The number of hydrogen-bond donors (Lipinski definition) is 2. The summed E-state index contributed by atoms with van der Waals surface area (Å²) in [5.74, 6) is -0.968. The van der Waals surface area contributed by atoms with Crippen molar-refractivity contribution in [1.29, 1.82) is 0 Å². The standard InChI is InChI=1S/C20H22ClF2N3O/c1-24-20(27)19-9-17(25-10-14-8-16(22)5-6-18(14)23)12-26(19)11-13-3-2-4-15(21)7-13/h2-8,17,19,25H,9-12H2,1H3,(H,24,27)/t17-,19+/m1/s1. The van der Waals surface area contributed by atoms with Gasteiger partial charge in [0.2, 0.25) is 5.91 Å². The van der Waals surface area contributed by atoms with Gasteiger partial charge in [0, 0.05) is 43.3 Å². The largest absolute Gasteiger partial charge is 0.358 e. The maximum Gasteiger partial charge on any atom is 0.237 e. The van der Waals surface area contributed by atoms with E-state index in [1.807, 2.05) is 24.3 Å². The van der Waals surface area contributed by atoms with Crippen LogP contribution in [0.3, 0.4) is 0 Å². The Hall–Kier alpha value is -2.02. The van der Waals surface area contributed by atoms with Crippen molar-refractivity contribution in [2.24, 2.45) is 0 Å². The SMILES string of the molecule is CNC(=O)[C@@H]1C[C@@H](NCc2cc(F)ccc2F)CN1Cc1cccc(Cl)c1. The molecule has 0 unspecified atom stereocenters. The van der Waals surface area contributed by atoms with E-state index in [-0.39, 0.29) is 30.1 Å². The summed E-state index contributed by atoms with van der Waals surface area (Å²) in [6.45, 7) is 1.42. The summed E-state index contributed by atoms with van der Waals surface area (Å²) in [6.07, 6.45) is 0.594. The molecule has 3 rings (SSSR count). The number of halogens is 3. The van der Waals surface area contributed by atoms with E-state index in [9.17, 15) is 13.6 Å². The van der Waals surface area contributed by atoms with Gasteiger partial charge in [0.25, 0.3) is 0 Å². The first-order chi connectivity index (χ1) is 13.0. The van der Waals surface area contributed by atoms with Crippen LogP contribution in [0.2, 0.25) is 5.02 Å². The third-order valence-electron chi connectivity index (χ3n) is 4.82. The fourth-order valence-corrected chi connectivity index (χ4v) is 3.68. The van der Waals surface area contributed by atoms with Crippen molar-refractivity contribution in [3.63, 3.8) is 0 Å². The van der Waals surface area contributed by atoms with E-state index in [0.29, 0.717) is 24.5 Å². The normalized spacial score (nSPS) is 20.0. The van der Waals surface area contributed by atoms with Crippen LogP contribution < -0.4 is 10.6 Å². The number of nitrogens with one attached hydrogen (secondary N) is 2. The van der Waals surface area contributed by atoms with Gasteiger partial charge in [-0.2, -0.15) is 0 Å². The van der Waals surface area contributed by atoms with Crippen molar-refractivity contribution in [1.82, 2.24) is 15.5 Å². The minimum atomic E-state index is -0.467. The van der Waals surface area contributed by atoms with Crippen LogP contribution in [-0.4, -0.2) is 36.5 Å². The van der Waals surface area contributed by atoms with Crippen LogP contribution >= 0.6 is 11.6 Å². The summed E-state index contributed by atoms with van der Waals surface area (Å²) in [6, 6.07) is 10.7. The summed E-state index contributed by atoms with van der Waals surface area (Å²) < 4.78 is 27.1. The van der Waals surface area contributed by atoms with Gasteiger partial charge >= 0.3 is 0 Å². The Kier molecular flexibility index (Phi) is 6.42. The first-order valence-electron chi connectivity index (χ1n) is 8.83. The molecule has 1 saturated heterocycles. The van der Waals surface area contributed by atoms with Crippen LogP contribution in [0.15, 0.2) is 42.5 Å². The van der Waals surface area contributed by atoms with Gasteiger partial charge in [0.15, 0.2) is 0 Å². The molecule has 2 N–H and O–H groups in total. The van der Waals surface area contributed by atoms with Gasteiger partial charge in [-0.3, -0.25) is 9.69 Å². The predicted molar refractivity (Wildman–Crippen MR) is 101 cm³/mol. The number of likely N-dealkylation sites (N-methyl/N-ethyl adjacent to an activating group) is 1.